The van der Waals surface area contributed by atoms with Crippen molar-refractivity contribution in [3.63, 3.8) is 0 Å². The third-order valence-corrected chi connectivity index (χ3v) is 3.25. The van der Waals surface area contributed by atoms with Gasteiger partial charge in [-0.15, -0.1) is 0 Å². The van der Waals surface area contributed by atoms with Crippen molar-refractivity contribution in [1.29, 1.82) is 0 Å². The molecular weight excluding hydrogens is 284 g/mol. The molecule has 1 aliphatic rings. The minimum absolute atomic E-state index is 0.238. The normalized spacial score (nSPS) is 16.7. The lowest BCUT2D eigenvalue weighted by Gasteiger charge is -2.26. The summed E-state index contributed by atoms with van der Waals surface area (Å²) in [6.07, 6.45) is 0. The summed E-state index contributed by atoms with van der Waals surface area (Å²) in [7, 11) is 0. The maximum absolute atomic E-state index is 13.4. The fraction of sp³-hybridized carbons (Fsp3) is 0.500. The summed E-state index contributed by atoms with van der Waals surface area (Å²) in [6.45, 7) is 4.02. The quantitative estimate of drug-likeness (QED) is 0.864. The Bertz CT molecular complexity index is 490. The third kappa shape index (κ3) is 4.12. The number of carboxylic acids is 1. The first-order valence-electron chi connectivity index (χ1n) is 6.65. The maximum Gasteiger partial charge on any atom is 0.379 e. The molecule has 0 aliphatic carbocycles. The lowest BCUT2D eigenvalue weighted by molar-refractivity contribution is -0.166. The van der Waals surface area contributed by atoms with Gasteiger partial charge >= 0.3 is 11.9 Å². The molecule has 0 atom stereocenters. The van der Waals surface area contributed by atoms with Crippen LogP contribution in [-0.4, -0.2) is 55.4 Å². The van der Waals surface area contributed by atoms with E-state index in [9.17, 15) is 13.6 Å². The van der Waals surface area contributed by atoms with Gasteiger partial charge in [0.1, 0.15) is 12.4 Å². The molecule has 1 saturated heterocycles. The molecule has 1 aromatic rings. The van der Waals surface area contributed by atoms with Crippen molar-refractivity contribution >= 4 is 5.97 Å². The lowest BCUT2D eigenvalue weighted by atomic mass is 10.1. The van der Waals surface area contributed by atoms with E-state index in [4.69, 9.17) is 14.6 Å². The van der Waals surface area contributed by atoms with E-state index in [0.29, 0.717) is 26.4 Å². The summed E-state index contributed by atoms with van der Waals surface area (Å²) in [6, 6.07) is 5.02. The molecule has 0 radical (unpaired) electrons. The summed E-state index contributed by atoms with van der Waals surface area (Å²) in [5, 5.41) is 8.52. The van der Waals surface area contributed by atoms with E-state index >= 15 is 0 Å². The van der Waals surface area contributed by atoms with Crippen molar-refractivity contribution in [3.8, 4) is 5.75 Å². The Balaban J connectivity index is 1.90. The molecule has 2 rings (SSSR count). The van der Waals surface area contributed by atoms with Gasteiger partial charge < -0.3 is 14.6 Å². The van der Waals surface area contributed by atoms with Crippen LogP contribution < -0.4 is 4.74 Å². The number of hydrogen-bond acceptors (Lipinski definition) is 4. The molecule has 5 nitrogen and oxygen atoms in total. The highest BCUT2D eigenvalue weighted by Crippen LogP contribution is 2.30. The summed E-state index contributed by atoms with van der Waals surface area (Å²) in [5.41, 5.74) is -0.584. The van der Waals surface area contributed by atoms with E-state index < -0.39 is 17.5 Å². The van der Waals surface area contributed by atoms with Gasteiger partial charge in [0, 0.05) is 25.2 Å². The SMILES string of the molecule is O=C(O)C(F)(F)c1cccc(OCCN2CCOCC2)c1. The number of ether oxygens (including phenoxy) is 2. The first-order valence-corrected chi connectivity index (χ1v) is 6.65. The highest BCUT2D eigenvalue weighted by molar-refractivity contribution is 5.77. The molecule has 0 amide bonds. The van der Waals surface area contributed by atoms with Crippen LogP contribution in [0.4, 0.5) is 8.78 Å². The molecule has 21 heavy (non-hydrogen) atoms. The van der Waals surface area contributed by atoms with Gasteiger partial charge in [-0.05, 0) is 12.1 Å². The first kappa shape index (κ1) is 15.7. The number of alkyl halides is 2. The smallest absolute Gasteiger partial charge is 0.379 e. The number of morpholine rings is 1. The molecule has 0 saturated carbocycles. The Labute approximate surface area is 121 Å². The minimum Gasteiger partial charge on any atom is -0.492 e. The monoisotopic (exact) mass is 301 g/mol. The van der Waals surface area contributed by atoms with Crippen LogP contribution in [-0.2, 0) is 15.5 Å². The highest BCUT2D eigenvalue weighted by atomic mass is 19.3. The van der Waals surface area contributed by atoms with E-state index in [-0.39, 0.29) is 5.75 Å². The van der Waals surface area contributed by atoms with E-state index in [1.807, 2.05) is 0 Å². The van der Waals surface area contributed by atoms with Gasteiger partial charge in [-0.2, -0.15) is 8.78 Å². The first-order chi connectivity index (χ1) is 10.00. The molecule has 7 heteroatoms. The van der Waals surface area contributed by atoms with Crippen molar-refractivity contribution in [2.24, 2.45) is 0 Å². The van der Waals surface area contributed by atoms with Crippen LogP contribution in [0.5, 0.6) is 5.75 Å². The Morgan fingerprint density at radius 3 is 2.76 bits per heavy atom. The molecule has 1 aromatic carbocycles. The number of carbonyl (C=O) groups is 1. The lowest BCUT2D eigenvalue weighted by Crippen LogP contribution is -2.38. The van der Waals surface area contributed by atoms with E-state index in [1.165, 1.54) is 12.1 Å². The molecule has 0 spiro atoms. The summed E-state index contributed by atoms with van der Waals surface area (Å²) in [5.74, 6) is -5.85. The molecule has 1 fully saturated rings. The van der Waals surface area contributed by atoms with Crippen LogP contribution in [0.1, 0.15) is 5.56 Å². The van der Waals surface area contributed by atoms with Gasteiger partial charge in [0.25, 0.3) is 0 Å². The van der Waals surface area contributed by atoms with E-state index in [0.717, 1.165) is 25.2 Å². The van der Waals surface area contributed by atoms with Crippen molar-refractivity contribution in [2.45, 2.75) is 5.92 Å². The zero-order valence-corrected chi connectivity index (χ0v) is 11.4. The Kier molecular flexibility index (Phi) is 5.08. The summed E-state index contributed by atoms with van der Waals surface area (Å²) >= 11 is 0. The zero-order valence-electron chi connectivity index (χ0n) is 11.4. The van der Waals surface area contributed by atoms with Crippen LogP contribution in [0.3, 0.4) is 0 Å². The largest absolute Gasteiger partial charge is 0.492 e. The number of hydrogen-bond donors (Lipinski definition) is 1. The molecule has 0 unspecified atom stereocenters. The molecule has 116 valence electrons. The zero-order chi connectivity index (χ0) is 15.3. The second kappa shape index (κ2) is 6.82. The topological polar surface area (TPSA) is 59.0 Å². The van der Waals surface area contributed by atoms with Crippen molar-refractivity contribution in [3.05, 3.63) is 29.8 Å². The van der Waals surface area contributed by atoms with Crippen molar-refractivity contribution in [2.75, 3.05) is 39.5 Å². The van der Waals surface area contributed by atoms with Crippen LogP contribution >= 0.6 is 0 Å². The number of benzene rings is 1. The molecule has 0 aromatic heterocycles. The van der Waals surface area contributed by atoms with E-state index in [1.54, 1.807) is 0 Å². The predicted octanol–water partition coefficient (Wildman–Crippen LogP) is 1.57. The van der Waals surface area contributed by atoms with Crippen LogP contribution in [0, 0.1) is 0 Å². The third-order valence-electron chi connectivity index (χ3n) is 3.25. The molecule has 1 heterocycles. The Hall–Kier alpha value is -1.73. The standard InChI is InChI=1S/C14H17F2NO4/c15-14(16,13(18)19)11-2-1-3-12(10-11)21-9-6-17-4-7-20-8-5-17/h1-3,10H,4-9H2,(H,18,19). The Morgan fingerprint density at radius 1 is 1.38 bits per heavy atom. The van der Waals surface area contributed by atoms with E-state index in [2.05, 4.69) is 4.90 Å². The van der Waals surface area contributed by atoms with Crippen molar-refractivity contribution in [1.82, 2.24) is 4.90 Å². The maximum atomic E-state index is 13.4. The van der Waals surface area contributed by atoms with Gasteiger partial charge in [0.2, 0.25) is 0 Å². The number of aliphatic carboxylic acids is 1. The van der Waals surface area contributed by atoms with Gasteiger partial charge in [-0.3, -0.25) is 4.90 Å². The second-order valence-corrected chi connectivity index (χ2v) is 4.71. The molecule has 0 bridgehead atoms. The average molecular weight is 301 g/mol. The highest BCUT2D eigenvalue weighted by Gasteiger charge is 2.41. The van der Waals surface area contributed by atoms with Gasteiger partial charge in [0.05, 0.1) is 13.2 Å². The predicted molar refractivity (Wildman–Crippen MR) is 70.7 cm³/mol. The number of halogens is 2. The fourth-order valence-electron chi connectivity index (χ4n) is 2.02. The van der Waals surface area contributed by atoms with Gasteiger partial charge in [0.15, 0.2) is 0 Å². The van der Waals surface area contributed by atoms with Crippen molar-refractivity contribution < 1.29 is 28.2 Å². The van der Waals surface area contributed by atoms with Crippen LogP contribution in [0.2, 0.25) is 0 Å². The average Bonchev–Trinajstić information content (AvgIpc) is 2.48. The Morgan fingerprint density at radius 2 is 2.10 bits per heavy atom. The number of nitrogens with zero attached hydrogens (tertiary/aromatic N) is 1. The summed E-state index contributed by atoms with van der Waals surface area (Å²) in [4.78, 5) is 12.7. The van der Waals surface area contributed by atoms with Gasteiger partial charge in [-0.25, -0.2) is 4.79 Å². The fourth-order valence-corrected chi connectivity index (χ4v) is 2.02. The number of rotatable bonds is 6. The summed E-state index contributed by atoms with van der Waals surface area (Å²) < 4.78 is 37.4. The molecule has 1 aliphatic heterocycles. The number of carboxylic acid groups (broad SMARTS) is 1. The van der Waals surface area contributed by atoms with Crippen LogP contribution in [0.25, 0.3) is 0 Å². The molecule has 1 N–H and O–H groups in total. The van der Waals surface area contributed by atoms with Gasteiger partial charge in [-0.1, -0.05) is 12.1 Å². The minimum atomic E-state index is -3.91. The van der Waals surface area contributed by atoms with Crippen LogP contribution in [0.15, 0.2) is 24.3 Å². The molecular formula is C14H17F2NO4. The second-order valence-electron chi connectivity index (χ2n) is 4.71.